The van der Waals surface area contributed by atoms with Gasteiger partial charge < -0.3 is 9.84 Å². The first kappa shape index (κ1) is 15.7. The van der Waals surface area contributed by atoms with Crippen molar-refractivity contribution in [3.63, 3.8) is 0 Å². The lowest BCUT2D eigenvalue weighted by molar-refractivity contribution is -0.0259. The lowest BCUT2D eigenvalue weighted by Gasteiger charge is -2.17. The quantitative estimate of drug-likeness (QED) is 0.822. The molecule has 19 heavy (non-hydrogen) atoms. The molecule has 1 rings (SSSR count). The van der Waals surface area contributed by atoms with Crippen LogP contribution in [0.15, 0.2) is 17.0 Å². The molecule has 1 aromatic carbocycles. The van der Waals surface area contributed by atoms with Crippen LogP contribution < -0.4 is 4.74 Å². The third kappa shape index (κ3) is 2.98. The van der Waals surface area contributed by atoms with E-state index < -0.39 is 16.0 Å². The lowest BCUT2D eigenvalue weighted by atomic mass is 10.2. The number of rotatable bonds is 5. The van der Waals surface area contributed by atoms with Crippen LogP contribution in [-0.2, 0) is 14.9 Å². The standard InChI is InChI=1S/C10H12ClNO6S/c1-12(18-3)19(15,16)8-5-6(11)4-7(10(13)14)9(8)17-2/h4-5H,1-3H3,(H,13,14). The monoisotopic (exact) mass is 309 g/mol. The van der Waals surface area contributed by atoms with E-state index in [1.165, 1.54) is 7.11 Å². The predicted molar refractivity (Wildman–Crippen MR) is 66.9 cm³/mol. The molecule has 0 fully saturated rings. The number of halogens is 1. The van der Waals surface area contributed by atoms with Gasteiger partial charge in [-0.1, -0.05) is 16.1 Å². The summed E-state index contributed by atoms with van der Waals surface area (Å²) in [6.45, 7) is 0. The first-order valence-corrected chi connectivity index (χ1v) is 6.71. The maximum absolute atomic E-state index is 12.1. The lowest BCUT2D eigenvalue weighted by Crippen LogP contribution is -2.26. The Morgan fingerprint density at radius 2 is 1.95 bits per heavy atom. The van der Waals surface area contributed by atoms with Crippen LogP contribution in [-0.4, -0.2) is 45.2 Å². The molecule has 1 aromatic rings. The Balaban J connectivity index is 3.65. The average Bonchev–Trinajstić information content (AvgIpc) is 2.36. The number of carboxylic acid groups (broad SMARTS) is 1. The Kier molecular flexibility index (Phi) is 4.75. The molecule has 106 valence electrons. The van der Waals surface area contributed by atoms with Gasteiger partial charge in [-0.05, 0) is 12.1 Å². The van der Waals surface area contributed by atoms with Gasteiger partial charge in [-0.25, -0.2) is 13.2 Å². The number of sulfonamides is 1. The number of carboxylic acids is 1. The highest BCUT2D eigenvalue weighted by Crippen LogP contribution is 2.33. The fourth-order valence-corrected chi connectivity index (χ4v) is 2.83. The van der Waals surface area contributed by atoms with Crippen LogP contribution in [0.1, 0.15) is 10.4 Å². The van der Waals surface area contributed by atoms with Crippen molar-refractivity contribution in [3.05, 3.63) is 22.7 Å². The number of hydroxylamine groups is 1. The van der Waals surface area contributed by atoms with Gasteiger partial charge in [0, 0.05) is 12.1 Å². The van der Waals surface area contributed by atoms with Crippen LogP contribution >= 0.6 is 11.6 Å². The van der Waals surface area contributed by atoms with Crippen molar-refractivity contribution < 1.29 is 27.9 Å². The average molecular weight is 310 g/mol. The molecule has 0 atom stereocenters. The summed E-state index contributed by atoms with van der Waals surface area (Å²) < 4.78 is 29.7. The molecule has 0 aliphatic rings. The molecule has 0 heterocycles. The molecule has 0 aliphatic heterocycles. The fourth-order valence-electron chi connectivity index (χ4n) is 1.37. The Labute approximate surface area is 115 Å². The van der Waals surface area contributed by atoms with Crippen LogP contribution in [0.4, 0.5) is 0 Å². The Morgan fingerprint density at radius 1 is 1.37 bits per heavy atom. The molecule has 9 heteroatoms. The van der Waals surface area contributed by atoms with E-state index in [4.69, 9.17) is 21.4 Å². The third-order valence-corrected chi connectivity index (χ3v) is 4.23. The molecule has 0 saturated heterocycles. The first-order chi connectivity index (χ1) is 8.75. The van der Waals surface area contributed by atoms with Gasteiger partial charge >= 0.3 is 5.97 Å². The second-order valence-corrected chi connectivity index (χ2v) is 5.73. The summed E-state index contributed by atoms with van der Waals surface area (Å²) in [6, 6.07) is 2.20. The summed E-state index contributed by atoms with van der Waals surface area (Å²) in [6.07, 6.45) is 0. The molecule has 0 radical (unpaired) electrons. The van der Waals surface area contributed by atoms with Crippen LogP contribution in [0.5, 0.6) is 5.75 Å². The zero-order valence-electron chi connectivity index (χ0n) is 10.4. The fraction of sp³-hybridized carbons (Fsp3) is 0.300. The Bertz CT molecular complexity index is 600. The van der Waals surface area contributed by atoms with E-state index in [1.54, 1.807) is 0 Å². The molecular formula is C10H12ClNO6S. The molecule has 0 amide bonds. The van der Waals surface area contributed by atoms with Crippen molar-refractivity contribution in [1.29, 1.82) is 0 Å². The smallest absolute Gasteiger partial charge is 0.339 e. The number of benzene rings is 1. The van der Waals surface area contributed by atoms with Crippen molar-refractivity contribution in [3.8, 4) is 5.75 Å². The molecule has 0 unspecified atom stereocenters. The first-order valence-electron chi connectivity index (χ1n) is 4.89. The number of nitrogens with zero attached hydrogens (tertiary/aromatic N) is 1. The van der Waals surface area contributed by atoms with E-state index in [1.807, 2.05) is 0 Å². The highest BCUT2D eigenvalue weighted by molar-refractivity contribution is 7.89. The van der Waals surface area contributed by atoms with Crippen LogP contribution in [0.25, 0.3) is 0 Å². The van der Waals surface area contributed by atoms with Crippen molar-refractivity contribution in [2.45, 2.75) is 4.90 Å². The topological polar surface area (TPSA) is 93.1 Å². The number of carbonyl (C=O) groups is 1. The Morgan fingerprint density at radius 3 is 2.37 bits per heavy atom. The highest BCUT2D eigenvalue weighted by Gasteiger charge is 2.29. The second-order valence-electron chi connectivity index (χ2n) is 3.39. The largest absolute Gasteiger partial charge is 0.494 e. The summed E-state index contributed by atoms with van der Waals surface area (Å²) in [5, 5.41) is 8.99. The normalized spacial score (nSPS) is 11.6. The SMILES string of the molecule is COc1c(C(=O)O)cc(Cl)cc1S(=O)(=O)N(C)OC. The molecule has 7 nitrogen and oxygen atoms in total. The summed E-state index contributed by atoms with van der Waals surface area (Å²) in [7, 11) is -0.582. The maximum atomic E-state index is 12.1. The van der Waals surface area contributed by atoms with Gasteiger partial charge in [0.15, 0.2) is 5.75 Å². The van der Waals surface area contributed by atoms with E-state index in [2.05, 4.69) is 4.84 Å². The second kappa shape index (κ2) is 5.74. The molecular weight excluding hydrogens is 298 g/mol. The highest BCUT2D eigenvalue weighted by atomic mass is 35.5. The van der Waals surface area contributed by atoms with Crippen molar-refractivity contribution >= 4 is 27.6 Å². The molecule has 1 N–H and O–H groups in total. The van der Waals surface area contributed by atoms with Crippen LogP contribution in [0.2, 0.25) is 5.02 Å². The molecule has 0 saturated carbocycles. The van der Waals surface area contributed by atoms with Gasteiger partial charge in [0.25, 0.3) is 10.0 Å². The van der Waals surface area contributed by atoms with Gasteiger partial charge in [0.1, 0.15) is 10.5 Å². The number of methoxy groups -OCH3 is 1. The van der Waals surface area contributed by atoms with Crippen molar-refractivity contribution in [2.75, 3.05) is 21.3 Å². The number of hydrogen-bond acceptors (Lipinski definition) is 5. The zero-order valence-corrected chi connectivity index (χ0v) is 11.9. The van der Waals surface area contributed by atoms with Gasteiger partial charge in [-0.3, -0.25) is 4.84 Å². The minimum Gasteiger partial charge on any atom is -0.494 e. The molecule has 0 aliphatic carbocycles. The van der Waals surface area contributed by atoms with Crippen molar-refractivity contribution in [1.82, 2.24) is 4.47 Å². The summed E-state index contributed by atoms with van der Waals surface area (Å²) in [5.74, 6) is -1.66. The third-order valence-electron chi connectivity index (χ3n) is 2.33. The predicted octanol–water partition coefficient (Wildman–Crippen LogP) is 1.23. The van der Waals surface area contributed by atoms with Crippen molar-refractivity contribution in [2.24, 2.45) is 0 Å². The van der Waals surface area contributed by atoms with Gasteiger partial charge in [0.05, 0.1) is 14.2 Å². The number of hydrogen-bond donors (Lipinski definition) is 1. The minimum absolute atomic E-state index is 0.0405. The zero-order chi connectivity index (χ0) is 14.8. The van der Waals surface area contributed by atoms with Crippen LogP contribution in [0, 0.1) is 0 Å². The van der Waals surface area contributed by atoms with Gasteiger partial charge in [-0.2, -0.15) is 0 Å². The minimum atomic E-state index is -4.07. The van der Waals surface area contributed by atoms with Crippen LogP contribution in [0.3, 0.4) is 0 Å². The summed E-state index contributed by atoms with van der Waals surface area (Å²) >= 11 is 5.73. The van der Waals surface area contributed by atoms with E-state index >= 15 is 0 Å². The van der Waals surface area contributed by atoms with E-state index in [0.29, 0.717) is 4.47 Å². The maximum Gasteiger partial charge on any atom is 0.339 e. The molecule has 0 bridgehead atoms. The number of aromatic carboxylic acids is 1. The van der Waals surface area contributed by atoms with E-state index in [0.717, 1.165) is 26.3 Å². The molecule has 0 spiro atoms. The molecule has 0 aromatic heterocycles. The van der Waals surface area contributed by atoms with E-state index in [9.17, 15) is 13.2 Å². The summed E-state index contributed by atoms with van der Waals surface area (Å²) in [4.78, 5) is 15.3. The Hall–Kier alpha value is -1.35. The summed E-state index contributed by atoms with van der Waals surface area (Å²) in [5.41, 5.74) is -0.349. The van der Waals surface area contributed by atoms with E-state index in [-0.39, 0.29) is 21.2 Å². The number of ether oxygens (including phenoxy) is 1. The van der Waals surface area contributed by atoms with Gasteiger partial charge in [-0.15, -0.1) is 0 Å². The van der Waals surface area contributed by atoms with Gasteiger partial charge in [0.2, 0.25) is 0 Å².